The molecule has 5 aromatic rings. The summed E-state index contributed by atoms with van der Waals surface area (Å²) in [4.78, 5) is 57.2. The fourth-order valence-electron chi connectivity index (χ4n) is 5.21. The highest BCUT2D eigenvalue weighted by Gasteiger charge is 2.51. The highest BCUT2D eigenvalue weighted by atomic mass is 16.7. The maximum absolute atomic E-state index is 13.5. The van der Waals surface area contributed by atoms with Gasteiger partial charge in [0.2, 0.25) is 0 Å². The van der Waals surface area contributed by atoms with E-state index >= 15 is 0 Å². The van der Waals surface area contributed by atoms with Gasteiger partial charge in [0.25, 0.3) is 0 Å². The van der Waals surface area contributed by atoms with Crippen LogP contribution in [-0.4, -0.2) is 57.5 Å². The molecular formula is C38H30N2O9. The average molecular weight is 659 g/mol. The third kappa shape index (κ3) is 7.80. The Hall–Kier alpha value is -6.33. The maximum Gasteiger partial charge on any atom is 0.350 e. The van der Waals surface area contributed by atoms with Crippen LogP contribution >= 0.6 is 0 Å². The van der Waals surface area contributed by atoms with Crippen LogP contribution in [-0.2, 0) is 18.9 Å². The summed E-state index contributed by atoms with van der Waals surface area (Å²) in [7, 11) is 0. The Morgan fingerprint density at radius 2 is 1.14 bits per heavy atom. The summed E-state index contributed by atoms with van der Waals surface area (Å²) in [6.07, 6.45) is -2.56. The molecule has 1 aromatic heterocycles. The van der Waals surface area contributed by atoms with Crippen LogP contribution in [0.5, 0.6) is 0 Å². The van der Waals surface area contributed by atoms with Gasteiger partial charge in [-0.3, -0.25) is 4.57 Å². The van der Waals surface area contributed by atoms with E-state index in [1.165, 1.54) is 18.3 Å². The van der Waals surface area contributed by atoms with E-state index in [-0.39, 0.29) is 28.1 Å². The number of esters is 3. The molecule has 1 aliphatic rings. The van der Waals surface area contributed by atoms with Gasteiger partial charge in [-0.2, -0.15) is 4.98 Å². The van der Waals surface area contributed by atoms with Gasteiger partial charge in [0, 0.05) is 17.8 Å². The minimum atomic E-state index is -1.39. The third-order valence-electron chi connectivity index (χ3n) is 7.66. The van der Waals surface area contributed by atoms with Crippen molar-refractivity contribution < 1.29 is 38.4 Å². The second kappa shape index (κ2) is 15.1. The largest absolute Gasteiger partial charge is 0.507 e. The summed E-state index contributed by atoms with van der Waals surface area (Å²) in [5, 5.41) is 10.6. The van der Waals surface area contributed by atoms with Crippen LogP contribution in [0.2, 0.25) is 0 Å². The maximum atomic E-state index is 13.5. The lowest BCUT2D eigenvalue weighted by Crippen LogP contribution is -2.42. The van der Waals surface area contributed by atoms with Gasteiger partial charge < -0.3 is 24.1 Å². The van der Waals surface area contributed by atoms with Crippen LogP contribution in [0.4, 0.5) is 0 Å². The molecule has 0 aliphatic carbocycles. The first-order valence-corrected chi connectivity index (χ1v) is 15.3. The molecule has 1 aliphatic heterocycles. The van der Waals surface area contributed by atoms with Gasteiger partial charge in [0.15, 0.2) is 18.4 Å². The predicted octanol–water partition coefficient (Wildman–Crippen LogP) is 5.51. The smallest absolute Gasteiger partial charge is 0.350 e. The van der Waals surface area contributed by atoms with Crippen LogP contribution in [0.15, 0.2) is 138 Å². The number of nitrogens with zero attached hydrogens (tertiary/aromatic N) is 2. The average Bonchev–Trinajstić information content (AvgIpc) is 3.47. The Bertz CT molecular complexity index is 2000. The molecule has 2 heterocycles. The van der Waals surface area contributed by atoms with Crippen molar-refractivity contribution in [3.8, 4) is 0 Å². The molecule has 11 heteroatoms. The number of hydrogen-bond donors (Lipinski definition) is 1. The summed E-state index contributed by atoms with van der Waals surface area (Å²) in [6.45, 7) is -0.412. The first kappa shape index (κ1) is 32.6. The third-order valence-corrected chi connectivity index (χ3v) is 7.66. The second-order valence-electron chi connectivity index (χ2n) is 10.9. The van der Waals surface area contributed by atoms with Gasteiger partial charge >= 0.3 is 23.6 Å². The Morgan fingerprint density at radius 3 is 1.65 bits per heavy atom. The van der Waals surface area contributed by atoms with Crippen molar-refractivity contribution in [1.29, 1.82) is 0 Å². The lowest BCUT2D eigenvalue weighted by Gasteiger charge is -2.25. The van der Waals surface area contributed by atoms with E-state index in [0.717, 1.165) is 4.57 Å². The molecule has 49 heavy (non-hydrogen) atoms. The van der Waals surface area contributed by atoms with E-state index < -0.39 is 54.7 Å². The summed E-state index contributed by atoms with van der Waals surface area (Å²) < 4.78 is 24.7. The molecule has 0 saturated carbocycles. The van der Waals surface area contributed by atoms with E-state index in [2.05, 4.69) is 4.98 Å². The van der Waals surface area contributed by atoms with Gasteiger partial charge in [-0.15, -0.1) is 0 Å². The lowest BCUT2D eigenvalue weighted by atomic mass is 10.1. The number of carbonyl (C=O) groups excluding carboxylic acids is 3. The molecule has 1 saturated heterocycles. The van der Waals surface area contributed by atoms with E-state index in [1.54, 1.807) is 121 Å². The fourth-order valence-corrected chi connectivity index (χ4v) is 5.21. The monoisotopic (exact) mass is 658 g/mol. The van der Waals surface area contributed by atoms with Crippen molar-refractivity contribution in [2.24, 2.45) is 0 Å². The first-order valence-electron chi connectivity index (χ1n) is 15.3. The number of aliphatic hydroxyl groups excluding tert-OH is 1. The molecule has 246 valence electrons. The highest BCUT2D eigenvalue weighted by molar-refractivity contribution is 5.91. The van der Waals surface area contributed by atoms with Crippen molar-refractivity contribution in [2.75, 3.05) is 6.61 Å². The number of ether oxygens (including phenoxy) is 4. The molecule has 0 unspecified atom stereocenters. The summed E-state index contributed by atoms with van der Waals surface area (Å²) in [6, 6.07) is 34.8. The van der Waals surface area contributed by atoms with Gasteiger partial charge in [-0.1, -0.05) is 84.9 Å². The van der Waals surface area contributed by atoms with Crippen LogP contribution in [0.25, 0.3) is 11.8 Å². The van der Waals surface area contributed by atoms with Gasteiger partial charge in [-0.05, 0) is 42.5 Å². The molecule has 0 bridgehead atoms. The number of aliphatic hydroxyl groups is 1. The number of hydrogen-bond acceptors (Lipinski definition) is 10. The molecular weight excluding hydrogens is 628 g/mol. The standard InChI is InChI=1S/C38H30N2O9/c41-30(25-13-5-1-6-14-25)23-29-21-22-40(38(45)39-29)34-33(49-37(44)28-19-11-4-12-20-28)32(48-36(43)27-17-9-3-10-18-27)31(47-34)24-46-35(42)26-15-7-2-8-16-26/h1-23,31-34,41H,24H2/t31-,32-,33-,34-/m1/s1. The molecule has 0 radical (unpaired) electrons. The van der Waals surface area contributed by atoms with Crippen LogP contribution in [0, 0.1) is 0 Å². The van der Waals surface area contributed by atoms with Crippen molar-refractivity contribution in [1.82, 2.24) is 9.55 Å². The topological polar surface area (TPSA) is 143 Å². The summed E-state index contributed by atoms with van der Waals surface area (Å²) in [5.41, 5.74) is 0.568. The number of benzene rings is 4. The van der Waals surface area contributed by atoms with Crippen LogP contribution in [0.3, 0.4) is 0 Å². The number of carbonyl (C=O) groups is 3. The molecule has 1 N–H and O–H groups in total. The Balaban J connectivity index is 1.35. The first-order chi connectivity index (χ1) is 23.9. The number of rotatable bonds is 10. The number of aromatic nitrogens is 2. The van der Waals surface area contributed by atoms with E-state index in [4.69, 9.17) is 18.9 Å². The Kier molecular flexibility index (Phi) is 10.0. The normalized spacial score (nSPS) is 18.7. The van der Waals surface area contributed by atoms with Gasteiger partial charge in [0.1, 0.15) is 18.5 Å². The summed E-state index contributed by atoms with van der Waals surface area (Å²) in [5.74, 6) is -2.29. The minimum Gasteiger partial charge on any atom is -0.507 e. The van der Waals surface area contributed by atoms with Crippen molar-refractivity contribution >= 4 is 29.7 Å². The van der Waals surface area contributed by atoms with Crippen molar-refractivity contribution in [3.05, 3.63) is 172 Å². The molecule has 6 rings (SSSR count). The molecule has 4 atom stereocenters. The highest BCUT2D eigenvalue weighted by Crippen LogP contribution is 2.35. The van der Waals surface area contributed by atoms with E-state index in [9.17, 15) is 24.3 Å². The zero-order chi connectivity index (χ0) is 34.2. The van der Waals surface area contributed by atoms with E-state index in [0.29, 0.717) is 5.56 Å². The van der Waals surface area contributed by atoms with E-state index in [1.807, 2.05) is 0 Å². The molecule has 11 nitrogen and oxygen atoms in total. The summed E-state index contributed by atoms with van der Waals surface area (Å²) >= 11 is 0. The zero-order valence-electron chi connectivity index (χ0n) is 25.9. The quantitative estimate of drug-likeness (QED) is 0.116. The van der Waals surface area contributed by atoms with Crippen LogP contribution in [0.1, 0.15) is 48.6 Å². The molecule has 0 amide bonds. The molecule has 1 fully saturated rings. The van der Waals surface area contributed by atoms with Crippen molar-refractivity contribution in [3.63, 3.8) is 0 Å². The van der Waals surface area contributed by atoms with Gasteiger partial charge in [0.05, 0.1) is 22.4 Å². The van der Waals surface area contributed by atoms with Crippen LogP contribution < -0.4 is 5.69 Å². The fraction of sp³-hybridized carbons (Fsp3) is 0.132. The minimum absolute atomic E-state index is 0.106. The SMILES string of the molecule is O=C(OC[C@H]1O[C@@H](n2ccc(C=C(O)c3ccccc3)nc2=O)[C@H](OC(=O)c2ccccc2)[C@@H]1OC(=O)c1ccccc1)c1ccccc1. The van der Waals surface area contributed by atoms with Crippen molar-refractivity contribution in [2.45, 2.75) is 24.5 Å². The predicted molar refractivity (Wildman–Crippen MR) is 177 cm³/mol. The molecule has 0 spiro atoms. The Labute approximate surface area is 280 Å². The lowest BCUT2D eigenvalue weighted by molar-refractivity contribution is -0.0639. The molecule has 4 aromatic carbocycles. The van der Waals surface area contributed by atoms with Gasteiger partial charge in [-0.25, -0.2) is 19.2 Å². The Morgan fingerprint density at radius 1 is 0.673 bits per heavy atom. The second-order valence-corrected chi connectivity index (χ2v) is 10.9. The zero-order valence-corrected chi connectivity index (χ0v) is 25.9.